The van der Waals surface area contributed by atoms with Gasteiger partial charge in [-0.1, -0.05) is 66.7 Å². The van der Waals surface area contributed by atoms with E-state index in [0.29, 0.717) is 44.1 Å². The maximum Gasteiger partial charge on any atom is 0.210 e. The molecule has 7 heteroatoms. The van der Waals surface area contributed by atoms with Crippen molar-refractivity contribution in [1.29, 1.82) is 0 Å². The summed E-state index contributed by atoms with van der Waals surface area (Å²) in [7, 11) is 1.60. The molecule has 0 amide bonds. The highest BCUT2D eigenvalue weighted by atomic mass is 79.9. The molecule has 0 saturated carbocycles. The van der Waals surface area contributed by atoms with Crippen molar-refractivity contribution < 1.29 is 4.74 Å². The number of ether oxygens (including phenoxy) is 1. The lowest BCUT2D eigenvalue weighted by Crippen LogP contribution is -1.97. The Labute approximate surface area is 166 Å². The Balaban J connectivity index is 2.65. The Morgan fingerprint density at radius 3 is 2.09 bits per heavy atom. The Hall–Kier alpha value is -0.440. The molecule has 0 unspecified atom stereocenters. The minimum absolute atomic E-state index is 0.327. The lowest BCUT2D eigenvalue weighted by atomic mass is 10.0. The van der Waals surface area contributed by atoms with Crippen LogP contribution in [-0.2, 0) is 6.42 Å². The molecule has 2 aromatic rings. The van der Waals surface area contributed by atoms with Crippen LogP contribution in [0.15, 0.2) is 21.1 Å². The van der Waals surface area contributed by atoms with Crippen molar-refractivity contribution >= 4 is 72.4 Å². The molecular formula is C16H10Br2Cl3NO. The molecule has 0 spiro atoms. The maximum absolute atomic E-state index is 7.42. The summed E-state index contributed by atoms with van der Waals surface area (Å²) in [4.78, 5) is 3.54. The third-order valence-corrected chi connectivity index (χ3v) is 6.29. The van der Waals surface area contributed by atoms with Crippen molar-refractivity contribution in [2.75, 3.05) is 7.11 Å². The first-order valence-corrected chi connectivity index (χ1v) is 9.09. The highest BCUT2D eigenvalue weighted by Gasteiger charge is 2.21. The van der Waals surface area contributed by atoms with Gasteiger partial charge < -0.3 is 4.74 Å². The second-order valence-corrected chi connectivity index (χ2v) is 7.59. The van der Waals surface area contributed by atoms with Crippen LogP contribution in [0.1, 0.15) is 16.7 Å². The number of hydrogen-bond donors (Lipinski definition) is 0. The molecule has 0 N–H and O–H groups in total. The first-order chi connectivity index (χ1) is 10.8. The average Bonchev–Trinajstić information content (AvgIpc) is 2.53. The van der Waals surface area contributed by atoms with Crippen molar-refractivity contribution in [3.63, 3.8) is 0 Å². The fourth-order valence-electron chi connectivity index (χ4n) is 2.13. The molecular weight excluding hydrogens is 488 g/mol. The smallest absolute Gasteiger partial charge is 0.210 e. The van der Waals surface area contributed by atoms with E-state index in [1.807, 2.05) is 12.1 Å². The largest absolute Gasteiger partial charge is 0.497 e. The van der Waals surface area contributed by atoms with E-state index in [-0.39, 0.29) is 0 Å². The lowest BCUT2D eigenvalue weighted by molar-refractivity contribution is 0.414. The molecule has 0 aliphatic heterocycles. The zero-order chi connectivity index (χ0) is 17.3. The Bertz CT molecular complexity index is 808. The van der Waals surface area contributed by atoms with Gasteiger partial charge in [-0.3, -0.25) is 0 Å². The predicted molar refractivity (Wildman–Crippen MR) is 104 cm³/mol. The first-order valence-electron chi connectivity index (χ1n) is 6.37. The van der Waals surface area contributed by atoms with Crippen LogP contribution in [-0.4, -0.2) is 7.11 Å². The SMILES string of the molecule is [C-]#[N+]c1c(Cl)c(C)c(Cl)c(Cl)c1Cc1c(Br)cc(OC)cc1Br. The van der Waals surface area contributed by atoms with Gasteiger partial charge in [0.2, 0.25) is 5.69 Å². The van der Waals surface area contributed by atoms with Crippen LogP contribution in [0.5, 0.6) is 5.75 Å². The number of nitrogens with zero attached hydrogens (tertiary/aromatic N) is 1. The van der Waals surface area contributed by atoms with Gasteiger partial charge in [0.15, 0.2) is 0 Å². The van der Waals surface area contributed by atoms with Crippen LogP contribution < -0.4 is 4.74 Å². The second-order valence-electron chi connectivity index (χ2n) is 4.75. The first kappa shape index (κ1) is 18.9. The van der Waals surface area contributed by atoms with Crippen LogP contribution in [0.4, 0.5) is 5.69 Å². The van der Waals surface area contributed by atoms with Gasteiger partial charge in [0.25, 0.3) is 0 Å². The van der Waals surface area contributed by atoms with Gasteiger partial charge in [-0.15, -0.1) is 0 Å². The van der Waals surface area contributed by atoms with Gasteiger partial charge in [0.05, 0.1) is 28.7 Å². The van der Waals surface area contributed by atoms with E-state index >= 15 is 0 Å². The monoisotopic (exact) mass is 495 g/mol. The molecule has 0 fully saturated rings. The molecule has 0 aliphatic rings. The lowest BCUT2D eigenvalue weighted by Gasteiger charge is -2.16. The van der Waals surface area contributed by atoms with E-state index in [4.69, 9.17) is 46.1 Å². The standard InChI is InChI=1S/C16H10Br2Cl3NO/c1-7-13(19)15(21)10(16(22-2)14(7)20)6-9-11(17)4-8(23-3)5-12(9)18/h4-5H,6H2,1,3H3. The number of rotatable bonds is 3. The molecule has 23 heavy (non-hydrogen) atoms. The second kappa shape index (κ2) is 7.63. The van der Waals surface area contributed by atoms with E-state index in [1.54, 1.807) is 14.0 Å². The van der Waals surface area contributed by atoms with Crippen molar-refractivity contribution in [1.82, 2.24) is 0 Å². The van der Waals surface area contributed by atoms with Gasteiger partial charge in [-0.25, -0.2) is 4.85 Å². The van der Waals surface area contributed by atoms with Crippen LogP contribution >= 0.6 is 66.7 Å². The predicted octanol–water partition coefficient (Wildman–Crippen LogP) is 7.63. The minimum atomic E-state index is 0.327. The third kappa shape index (κ3) is 3.65. The molecule has 2 nitrogen and oxygen atoms in total. The molecule has 0 bridgehead atoms. The van der Waals surface area contributed by atoms with E-state index in [9.17, 15) is 0 Å². The van der Waals surface area contributed by atoms with E-state index in [2.05, 4.69) is 36.7 Å². The molecule has 2 aromatic carbocycles. The van der Waals surface area contributed by atoms with Gasteiger partial charge >= 0.3 is 0 Å². The number of halogens is 5. The summed E-state index contributed by atoms with van der Waals surface area (Å²) in [5.74, 6) is 0.712. The fourth-order valence-corrected chi connectivity index (χ4v) is 4.36. The van der Waals surface area contributed by atoms with E-state index in [1.165, 1.54) is 0 Å². The number of benzene rings is 2. The Morgan fingerprint density at radius 2 is 1.61 bits per heavy atom. The van der Waals surface area contributed by atoms with Crippen LogP contribution in [0.2, 0.25) is 15.1 Å². The summed E-state index contributed by atoms with van der Waals surface area (Å²) in [6.07, 6.45) is 0.404. The van der Waals surface area contributed by atoms with Gasteiger partial charge in [0, 0.05) is 8.95 Å². The van der Waals surface area contributed by atoms with Crippen molar-refractivity contribution in [2.45, 2.75) is 13.3 Å². The zero-order valence-electron chi connectivity index (χ0n) is 12.1. The molecule has 0 heterocycles. The van der Waals surface area contributed by atoms with E-state index < -0.39 is 0 Å². The molecule has 0 radical (unpaired) electrons. The Kier molecular flexibility index (Phi) is 6.27. The Morgan fingerprint density at radius 1 is 1.04 bits per heavy atom. The molecule has 0 aliphatic carbocycles. The van der Waals surface area contributed by atoms with Gasteiger partial charge in [-0.05, 0) is 42.2 Å². The highest BCUT2D eigenvalue weighted by molar-refractivity contribution is 9.11. The summed E-state index contributed by atoms with van der Waals surface area (Å²) >= 11 is 25.9. The number of hydrogen-bond acceptors (Lipinski definition) is 1. The van der Waals surface area contributed by atoms with Crippen molar-refractivity contribution in [3.05, 3.63) is 64.3 Å². The van der Waals surface area contributed by atoms with Crippen LogP contribution in [0.25, 0.3) is 4.85 Å². The van der Waals surface area contributed by atoms with Gasteiger partial charge in [0.1, 0.15) is 5.75 Å². The number of methoxy groups -OCH3 is 1. The fraction of sp³-hybridized carbons (Fsp3) is 0.188. The summed E-state index contributed by atoms with van der Waals surface area (Å²) in [5, 5.41) is 1.07. The van der Waals surface area contributed by atoms with Crippen LogP contribution in [0.3, 0.4) is 0 Å². The summed E-state index contributed by atoms with van der Waals surface area (Å²) in [6, 6.07) is 3.70. The summed E-state index contributed by atoms with van der Waals surface area (Å²) in [6.45, 7) is 9.17. The average molecular weight is 498 g/mol. The van der Waals surface area contributed by atoms with Crippen molar-refractivity contribution in [2.24, 2.45) is 0 Å². The summed E-state index contributed by atoms with van der Waals surface area (Å²) < 4.78 is 6.90. The maximum atomic E-state index is 7.42. The van der Waals surface area contributed by atoms with Crippen LogP contribution in [0, 0.1) is 13.5 Å². The zero-order valence-corrected chi connectivity index (χ0v) is 17.5. The normalized spacial score (nSPS) is 10.5. The molecule has 0 saturated heterocycles. The summed E-state index contributed by atoms with van der Waals surface area (Å²) in [5.41, 5.74) is 2.47. The molecule has 2 rings (SSSR count). The molecule has 120 valence electrons. The molecule has 0 atom stereocenters. The van der Waals surface area contributed by atoms with Crippen molar-refractivity contribution in [3.8, 4) is 5.75 Å². The highest BCUT2D eigenvalue weighted by Crippen LogP contribution is 2.45. The van der Waals surface area contributed by atoms with Gasteiger partial charge in [-0.2, -0.15) is 0 Å². The minimum Gasteiger partial charge on any atom is -0.497 e. The van der Waals surface area contributed by atoms with E-state index in [0.717, 1.165) is 14.5 Å². The third-order valence-electron chi connectivity index (χ3n) is 3.43. The quantitative estimate of drug-likeness (QED) is 0.313. The molecule has 0 aromatic heterocycles. The topological polar surface area (TPSA) is 13.6 Å².